The van der Waals surface area contributed by atoms with Gasteiger partial charge in [-0.25, -0.2) is 4.39 Å². The second-order valence-corrected chi connectivity index (χ2v) is 2.41. The Morgan fingerprint density at radius 1 is 1.45 bits per heavy atom. The van der Waals surface area contributed by atoms with Gasteiger partial charge < -0.3 is 10.2 Å². The molecule has 0 unspecified atom stereocenters. The minimum Gasteiger partial charge on any atom is -0.505 e. The van der Waals surface area contributed by atoms with Gasteiger partial charge in [0, 0.05) is 0 Å². The number of rotatable bonds is 1. The first-order valence-electron chi connectivity index (χ1n) is 2.93. The van der Waals surface area contributed by atoms with Crippen LogP contribution in [-0.4, -0.2) is 10.2 Å². The van der Waals surface area contributed by atoms with E-state index in [9.17, 15) is 4.39 Å². The van der Waals surface area contributed by atoms with Gasteiger partial charge in [-0.1, -0.05) is 17.7 Å². The highest BCUT2D eigenvalue weighted by Crippen LogP contribution is 2.26. The van der Waals surface area contributed by atoms with Crippen LogP contribution in [0.25, 0.3) is 0 Å². The van der Waals surface area contributed by atoms with E-state index < -0.39 is 11.6 Å². The Kier molecular flexibility index (Phi) is 2.31. The Morgan fingerprint density at radius 2 is 2.09 bits per heavy atom. The largest absolute Gasteiger partial charge is 0.505 e. The molecule has 2 nitrogen and oxygen atoms in total. The normalized spacial score (nSPS) is 10.1. The summed E-state index contributed by atoms with van der Waals surface area (Å²) in [4.78, 5) is 0. The number of halogens is 2. The van der Waals surface area contributed by atoms with Crippen LogP contribution in [0, 0.1) is 5.82 Å². The summed E-state index contributed by atoms with van der Waals surface area (Å²) in [5, 5.41) is 17.2. The molecule has 1 aromatic carbocycles. The molecule has 2 N–H and O–H groups in total. The van der Waals surface area contributed by atoms with Crippen molar-refractivity contribution in [2.24, 2.45) is 0 Å². The van der Waals surface area contributed by atoms with Gasteiger partial charge in [-0.15, -0.1) is 0 Å². The van der Waals surface area contributed by atoms with Gasteiger partial charge in [0.15, 0.2) is 11.6 Å². The fourth-order valence-electron chi connectivity index (χ4n) is 0.701. The van der Waals surface area contributed by atoms with Crippen molar-refractivity contribution >= 4 is 11.6 Å². The summed E-state index contributed by atoms with van der Waals surface area (Å²) in [5.74, 6) is -1.40. The van der Waals surface area contributed by atoms with Gasteiger partial charge >= 0.3 is 0 Å². The molecule has 0 spiro atoms. The summed E-state index contributed by atoms with van der Waals surface area (Å²) >= 11 is 5.40. The van der Waals surface area contributed by atoms with E-state index in [0.717, 1.165) is 6.07 Å². The standard InChI is InChI=1S/C7H6ClFO2/c8-6-4(3-10)1-2-5(11)7(6)9/h1-2,10-11H,3H2. The lowest BCUT2D eigenvalue weighted by molar-refractivity contribution is 0.281. The van der Waals surface area contributed by atoms with E-state index >= 15 is 0 Å². The van der Waals surface area contributed by atoms with Crippen LogP contribution in [0.1, 0.15) is 5.56 Å². The second kappa shape index (κ2) is 3.07. The van der Waals surface area contributed by atoms with Crippen molar-refractivity contribution in [1.29, 1.82) is 0 Å². The third-order valence-corrected chi connectivity index (χ3v) is 1.72. The van der Waals surface area contributed by atoms with E-state index in [4.69, 9.17) is 21.8 Å². The molecular weight excluding hydrogens is 171 g/mol. The third-order valence-electron chi connectivity index (χ3n) is 1.31. The average Bonchev–Trinajstić information content (AvgIpc) is 2.01. The fraction of sp³-hybridized carbons (Fsp3) is 0.143. The summed E-state index contributed by atoms with van der Waals surface area (Å²) in [5.41, 5.74) is 0.266. The smallest absolute Gasteiger partial charge is 0.183 e. The van der Waals surface area contributed by atoms with Crippen LogP contribution in [0.5, 0.6) is 5.75 Å². The summed E-state index contributed by atoms with van der Waals surface area (Å²) < 4.78 is 12.7. The van der Waals surface area contributed by atoms with Gasteiger partial charge in [0.2, 0.25) is 0 Å². The van der Waals surface area contributed by atoms with Crippen molar-refractivity contribution in [2.75, 3.05) is 0 Å². The Bertz CT molecular complexity index is 275. The molecule has 0 aliphatic heterocycles. The number of hydrogen-bond acceptors (Lipinski definition) is 2. The Labute approximate surface area is 67.9 Å². The minimum absolute atomic E-state index is 0.229. The molecule has 0 radical (unpaired) electrons. The molecule has 0 fully saturated rings. The Hall–Kier alpha value is -0.800. The van der Waals surface area contributed by atoms with E-state index in [1.807, 2.05) is 0 Å². The molecule has 0 saturated carbocycles. The van der Waals surface area contributed by atoms with Gasteiger partial charge in [-0.3, -0.25) is 0 Å². The van der Waals surface area contributed by atoms with Gasteiger partial charge in [-0.05, 0) is 11.6 Å². The van der Waals surface area contributed by atoms with E-state index in [-0.39, 0.29) is 17.2 Å². The van der Waals surface area contributed by atoms with E-state index in [1.165, 1.54) is 6.07 Å². The van der Waals surface area contributed by atoms with E-state index in [2.05, 4.69) is 0 Å². The first-order chi connectivity index (χ1) is 5.16. The summed E-state index contributed by atoms with van der Waals surface area (Å²) in [7, 11) is 0. The van der Waals surface area contributed by atoms with Gasteiger partial charge in [-0.2, -0.15) is 0 Å². The predicted octanol–water partition coefficient (Wildman–Crippen LogP) is 1.68. The molecule has 1 rings (SSSR count). The van der Waals surface area contributed by atoms with E-state index in [1.54, 1.807) is 0 Å². The minimum atomic E-state index is -0.891. The van der Waals surface area contributed by atoms with Crippen LogP contribution in [0.4, 0.5) is 4.39 Å². The van der Waals surface area contributed by atoms with Crippen molar-refractivity contribution in [1.82, 2.24) is 0 Å². The quantitative estimate of drug-likeness (QED) is 0.684. The number of benzene rings is 1. The number of aliphatic hydroxyl groups excluding tert-OH is 1. The van der Waals surface area contributed by atoms with Crippen LogP contribution in [0.2, 0.25) is 5.02 Å². The highest BCUT2D eigenvalue weighted by Gasteiger charge is 2.09. The maximum absolute atomic E-state index is 12.7. The van der Waals surface area contributed by atoms with Gasteiger partial charge in [0.25, 0.3) is 0 Å². The maximum Gasteiger partial charge on any atom is 0.183 e. The van der Waals surface area contributed by atoms with Crippen LogP contribution < -0.4 is 0 Å². The molecule has 0 atom stereocenters. The molecule has 4 heteroatoms. The summed E-state index contributed by atoms with van der Waals surface area (Å²) in [6.07, 6.45) is 0. The first-order valence-corrected chi connectivity index (χ1v) is 3.31. The van der Waals surface area contributed by atoms with Crippen molar-refractivity contribution in [3.63, 3.8) is 0 Å². The molecular formula is C7H6ClFO2. The monoisotopic (exact) mass is 176 g/mol. The van der Waals surface area contributed by atoms with Crippen molar-refractivity contribution in [2.45, 2.75) is 6.61 Å². The molecule has 0 amide bonds. The Balaban J connectivity index is 3.25. The molecule has 0 saturated heterocycles. The zero-order valence-electron chi connectivity index (χ0n) is 5.51. The number of aromatic hydroxyl groups is 1. The van der Waals surface area contributed by atoms with Crippen molar-refractivity contribution in [3.05, 3.63) is 28.5 Å². The maximum atomic E-state index is 12.7. The number of phenolic OH excluding ortho intramolecular Hbond substituents is 1. The highest BCUT2D eigenvalue weighted by molar-refractivity contribution is 6.31. The lowest BCUT2D eigenvalue weighted by Crippen LogP contribution is -1.88. The van der Waals surface area contributed by atoms with Gasteiger partial charge in [0.05, 0.1) is 11.6 Å². The van der Waals surface area contributed by atoms with Crippen LogP contribution in [0.3, 0.4) is 0 Å². The number of hydrogen-bond donors (Lipinski definition) is 2. The first kappa shape index (κ1) is 8.30. The fourth-order valence-corrected chi connectivity index (χ4v) is 0.921. The lowest BCUT2D eigenvalue weighted by Gasteiger charge is -2.01. The zero-order chi connectivity index (χ0) is 8.43. The van der Waals surface area contributed by atoms with Crippen LogP contribution >= 0.6 is 11.6 Å². The topological polar surface area (TPSA) is 40.5 Å². The summed E-state index contributed by atoms with van der Waals surface area (Å²) in [6.45, 7) is -0.337. The molecule has 0 aromatic heterocycles. The highest BCUT2D eigenvalue weighted by atomic mass is 35.5. The molecule has 60 valence electrons. The molecule has 0 aliphatic carbocycles. The molecule has 0 heterocycles. The summed E-state index contributed by atoms with van der Waals surface area (Å²) in [6, 6.07) is 2.51. The third kappa shape index (κ3) is 1.44. The molecule has 1 aromatic rings. The molecule has 0 aliphatic rings. The average molecular weight is 177 g/mol. The second-order valence-electron chi connectivity index (χ2n) is 2.03. The van der Waals surface area contributed by atoms with Crippen molar-refractivity contribution < 1.29 is 14.6 Å². The van der Waals surface area contributed by atoms with E-state index in [0.29, 0.717) is 0 Å². The lowest BCUT2D eigenvalue weighted by atomic mass is 10.2. The number of aliphatic hydroxyl groups is 1. The molecule has 11 heavy (non-hydrogen) atoms. The SMILES string of the molecule is OCc1ccc(O)c(F)c1Cl. The molecule has 0 bridgehead atoms. The van der Waals surface area contributed by atoms with Crippen LogP contribution in [-0.2, 0) is 6.61 Å². The number of phenols is 1. The van der Waals surface area contributed by atoms with Crippen LogP contribution in [0.15, 0.2) is 12.1 Å². The Morgan fingerprint density at radius 3 is 2.64 bits per heavy atom. The predicted molar refractivity (Wildman–Crippen MR) is 39.0 cm³/mol. The zero-order valence-corrected chi connectivity index (χ0v) is 6.27. The van der Waals surface area contributed by atoms with Crippen molar-refractivity contribution in [3.8, 4) is 5.75 Å². The van der Waals surface area contributed by atoms with Gasteiger partial charge in [0.1, 0.15) is 0 Å².